The van der Waals surface area contributed by atoms with Gasteiger partial charge in [-0.1, -0.05) is 70.9 Å². The summed E-state index contributed by atoms with van der Waals surface area (Å²) in [6, 6.07) is 9.15. The lowest BCUT2D eigenvalue weighted by Crippen LogP contribution is -2.55. The van der Waals surface area contributed by atoms with E-state index in [1.54, 1.807) is 6.07 Å². The summed E-state index contributed by atoms with van der Waals surface area (Å²) in [6.45, 7) is 1.78. The first-order chi connectivity index (χ1) is 14.8. The molecule has 1 aromatic carbocycles. The molecule has 5 rings (SSSR count). The fraction of sp³-hybridized carbons (Fsp3) is 0.375. The maximum Gasteiger partial charge on any atom is 0.180 e. The van der Waals surface area contributed by atoms with Gasteiger partial charge in [0.15, 0.2) is 11.2 Å². The summed E-state index contributed by atoms with van der Waals surface area (Å²) in [5.41, 5.74) is -2.78. The number of hydrogen-bond acceptors (Lipinski definition) is 5. The van der Waals surface area contributed by atoms with Gasteiger partial charge in [0.25, 0.3) is 0 Å². The van der Waals surface area contributed by atoms with Gasteiger partial charge in [0.2, 0.25) is 0 Å². The quantitative estimate of drug-likeness (QED) is 0.586. The Morgan fingerprint density at radius 1 is 1.26 bits per heavy atom. The van der Waals surface area contributed by atoms with Crippen molar-refractivity contribution in [3.05, 3.63) is 81.6 Å². The van der Waals surface area contributed by atoms with Gasteiger partial charge in [0.05, 0.1) is 11.1 Å². The highest BCUT2D eigenvalue weighted by molar-refractivity contribution is 9.10. The van der Waals surface area contributed by atoms with Crippen molar-refractivity contribution in [2.45, 2.75) is 30.7 Å². The minimum atomic E-state index is -1.86. The van der Waals surface area contributed by atoms with Crippen molar-refractivity contribution in [3.8, 4) is 5.75 Å². The van der Waals surface area contributed by atoms with Gasteiger partial charge in [-0.2, -0.15) is 0 Å². The Morgan fingerprint density at radius 2 is 2.00 bits per heavy atom. The predicted octanol–water partition coefficient (Wildman–Crippen LogP) is 4.09. The van der Waals surface area contributed by atoms with Crippen LogP contribution in [0.25, 0.3) is 0 Å². The number of ether oxygens (including phenoxy) is 1. The van der Waals surface area contributed by atoms with Gasteiger partial charge in [0.1, 0.15) is 11.4 Å². The normalized spacial score (nSPS) is 38.1. The first-order valence-electron chi connectivity index (χ1n) is 10.2. The summed E-state index contributed by atoms with van der Waals surface area (Å²) in [6.07, 6.45) is 8.91. The molecule has 1 aromatic heterocycles. The number of benzene rings is 1. The standard InChI is InChI=1S/C24H23BrClNO4/c1-22(9-3-2-4-10-22)19-17(13-28)21(29)23(30)20-18(11-16(26)12-27-20)31-24(19,23)14-5-7-15(25)8-6-14/h2-9,11-12,17,19,21,28-30H,10,13H2,1H3/t17-,19+,21-,22?,23+,24+/m1/s1. The van der Waals surface area contributed by atoms with E-state index in [4.69, 9.17) is 16.3 Å². The summed E-state index contributed by atoms with van der Waals surface area (Å²) in [7, 11) is 0. The molecule has 2 heterocycles. The molecule has 162 valence electrons. The van der Waals surface area contributed by atoms with Crippen molar-refractivity contribution in [1.82, 2.24) is 4.98 Å². The third-order valence-electron chi connectivity index (χ3n) is 7.19. The van der Waals surface area contributed by atoms with E-state index in [9.17, 15) is 15.3 Å². The topological polar surface area (TPSA) is 82.8 Å². The molecule has 1 unspecified atom stereocenters. The van der Waals surface area contributed by atoms with Gasteiger partial charge < -0.3 is 20.1 Å². The largest absolute Gasteiger partial charge is 0.477 e. The Hall–Kier alpha value is -1.70. The van der Waals surface area contributed by atoms with Gasteiger partial charge >= 0.3 is 0 Å². The molecule has 1 saturated carbocycles. The van der Waals surface area contributed by atoms with Crippen molar-refractivity contribution in [1.29, 1.82) is 0 Å². The number of rotatable bonds is 3. The summed E-state index contributed by atoms with van der Waals surface area (Å²) < 4.78 is 7.50. The third kappa shape index (κ3) is 2.69. The molecule has 1 fully saturated rings. The molecule has 0 amide bonds. The minimum Gasteiger partial charge on any atom is -0.477 e. The number of fused-ring (bicyclic) bond motifs is 3. The molecular formula is C24H23BrClNO4. The first-order valence-corrected chi connectivity index (χ1v) is 11.4. The van der Waals surface area contributed by atoms with E-state index in [1.165, 1.54) is 6.20 Å². The second-order valence-electron chi connectivity index (χ2n) is 8.88. The minimum absolute atomic E-state index is 0.243. The Bertz CT molecular complexity index is 1090. The summed E-state index contributed by atoms with van der Waals surface area (Å²) in [5.74, 6) is -0.752. The van der Waals surface area contributed by atoms with Crippen LogP contribution in [0.4, 0.5) is 0 Å². The molecule has 0 radical (unpaired) electrons. The zero-order chi connectivity index (χ0) is 22.0. The SMILES string of the molecule is CC1([C@@H]2[C@@H](CO)[C@@H](O)[C@@]3(O)c4ncc(Cl)cc4O[C@@]23c2ccc(Br)cc2)C=CC=CC1. The highest BCUT2D eigenvalue weighted by atomic mass is 79.9. The van der Waals surface area contributed by atoms with E-state index in [2.05, 4.69) is 40.0 Å². The number of allylic oxidation sites excluding steroid dienone is 4. The van der Waals surface area contributed by atoms with Crippen LogP contribution in [0.3, 0.4) is 0 Å². The van der Waals surface area contributed by atoms with Crippen molar-refractivity contribution < 1.29 is 20.1 Å². The van der Waals surface area contributed by atoms with E-state index >= 15 is 0 Å². The zero-order valence-electron chi connectivity index (χ0n) is 16.9. The van der Waals surface area contributed by atoms with Gasteiger partial charge in [-0.25, -0.2) is 0 Å². The lowest BCUT2D eigenvalue weighted by Gasteiger charge is -2.47. The summed E-state index contributed by atoms with van der Waals surface area (Å²) in [4.78, 5) is 4.39. The summed E-state index contributed by atoms with van der Waals surface area (Å²) >= 11 is 9.66. The van der Waals surface area contributed by atoms with Gasteiger partial charge in [-0.05, 0) is 29.5 Å². The van der Waals surface area contributed by atoms with E-state index in [0.29, 0.717) is 22.8 Å². The van der Waals surface area contributed by atoms with Gasteiger partial charge in [-0.15, -0.1) is 0 Å². The number of halogens is 2. The van der Waals surface area contributed by atoms with Crippen LogP contribution in [0.2, 0.25) is 5.02 Å². The first kappa shape index (κ1) is 21.2. The summed E-state index contributed by atoms with van der Waals surface area (Å²) in [5, 5.41) is 34.6. The number of nitrogens with zero attached hydrogens (tertiary/aromatic N) is 1. The van der Waals surface area contributed by atoms with E-state index < -0.39 is 34.6 Å². The van der Waals surface area contributed by atoms with Crippen molar-refractivity contribution in [2.24, 2.45) is 17.3 Å². The van der Waals surface area contributed by atoms with E-state index in [-0.39, 0.29) is 12.3 Å². The molecular weight excluding hydrogens is 482 g/mol. The zero-order valence-corrected chi connectivity index (χ0v) is 19.2. The van der Waals surface area contributed by atoms with Crippen molar-refractivity contribution in [2.75, 3.05) is 6.61 Å². The molecule has 5 nitrogen and oxygen atoms in total. The Kier molecular flexibility index (Phi) is 4.88. The molecule has 3 aliphatic rings. The van der Waals surface area contributed by atoms with Gasteiger partial charge in [-0.3, -0.25) is 4.98 Å². The molecule has 7 heteroatoms. The second-order valence-corrected chi connectivity index (χ2v) is 10.2. The average molecular weight is 505 g/mol. The Labute approximate surface area is 194 Å². The maximum absolute atomic E-state index is 12.3. The van der Waals surface area contributed by atoms with Crippen molar-refractivity contribution in [3.63, 3.8) is 0 Å². The molecule has 3 N–H and O–H groups in total. The molecule has 0 bridgehead atoms. The molecule has 31 heavy (non-hydrogen) atoms. The fourth-order valence-electron chi connectivity index (χ4n) is 5.96. The highest BCUT2D eigenvalue weighted by Crippen LogP contribution is 2.69. The average Bonchev–Trinajstić information content (AvgIpc) is 3.12. The van der Waals surface area contributed by atoms with E-state index in [0.717, 1.165) is 4.47 Å². The molecule has 0 saturated heterocycles. The maximum atomic E-state index is 12.3. The van der Waals surface area contributed by atoms with Crippen LogP contribution in [0.15, 0.2) is 65.3 Å². The Morgan fingerprint density at radius 3 is 2.65 bits per heavy atom. The lowest BCUT2D eigenvalue weighted by atomic mass is 9.60. The van der Waals surface area contributed by atoms with E-state index in [1.807, 2.05) is 36.4 Å². The number of aliphatic hydroxyl groups is 3. The fourth-order valence-corrected chi connectivity index (χ4v) is 6.37. The number of aliphatic hydroxyl groups excluding tert-OH is 2. The monoisotopic (exact) mass is 503 g/mol. The van der Waals surface area contributed by atoms with Crippen LogP contribution in [-0.2, 0) is 11.2 Å². The number of hydrogen-bond donors (Lipinski definition) is 3. The number of pyridine rings is 1. The van der Waals surface area contributed by atoms with Crippen LogP contribution in [0.5, 0.6) is 5.75 Å². The lowest BCUT2D eigenvalue weighted by molar-refractivity contribution is -0.166. The van der Waals surface area contributed by atoms with Crippen LogP contribution in [-0.4, -0.2) is 33.0 Å². The van der Waals surface area contributed by atoms with Crippen LogP contribution < -0.4 is 4.74 Å². The van der Waals surface area contributed by atoms with Crippen LogP contribution in [0.1, 0.15) is 24.6 Å². The van der Waals surface area contributed by atoms with Gasteiger partial charge in [0, 0.05) is 35.2 Å². The predicted molar refractivity (Wildman–Crippen MR) is 121 cm³/mol. The number of aromatic nitrogens is 1. The molecule has 2 aromatic rings. The third-order valence-corrected chi connectivity index (χ3v) is 7.93. The van der Waals surface area contributed by atoms with Crippen molar-refractivity contribution >= 4 is 27.5 Å². The smallest absolute Gasteiger partial charge is 0.180 e. The van der Waals surface area contributed by atoms with Crippen LogP contribution in [0, 0.1) is 17.3 Å². The second kappa shape index (κ2) is 7.15. The van der Waals surface area contributed by atoms with Crippen LogP contribution >= 0.6 is 27.5 Å². The Balaban J connectivity index is 1.83. The molecule has 1 aliphatic heterocycles. The highest BCUT2D eigenvalue weighted by Gasteiger charge is 2.78. The molecule has 6 atom stereocenters. The molecule has 0 spiro atoms. The molecule has 2 aliphatic carbocycles.